The Labute approximate surface area is 465 Å². The van der Waals surface area contributed by atoms with Gasteiger partial charge >= 0.3 is 0 Å². The van der Waals surface area contributed by atoms with Crippen molar-refractivity contribution in [2.45, 2.75) is 128 Å². The molecule has 5 rings (SSSR count). The highest BCUT2D eigenvalue weighted by atomic mass is 16.3. The standard InChI is InChI=1S/C54H81N17O9/c1-6-33(4)46(56)51(78)65-40(10-7-8-18-55)53(80)70-24-22-69(23-25-70)35-14-17-38-37(28-35)52(79)71(31-63-38)30-45(73)64-39(11-9-19-62-54(57)58)48(75)68-43(29-44-60-20-21-61-44)50(77)67-42(27-34-12-15-36(72)16-13-34)49(76)66-41(26-32(2)3)47(74)59-5/h12-17,20-21,28,31-33,39-43,46,72H,6-11,18-19,22-27,29-30,55-56H2,1-5H3,(H,59,74)(H,60,61)(H,64,73)(H,65,78)(H,66,76)(H,67,77)(H,68,75)(H4,57,58,62)/t33-,39+,40-,41-,42-,43-,46-/m0/s1. The number of anilines is 1. The van der Waals surface area contributed by atoms with Crippen LogP contribution < -0.4 is 65.3 Å². The van der Waals surface area contributed by atoms with Crippen LogP contribution in [0, 0.1) is 11.8 Å². The van der Waals surface area contributed by atoms with E-state index in [2.05, 4.69) is 51.8 Å². The molecule has 1 saturated heterocycles. The predicted octanol–water partition coefficient (Wildman–Crippen LogP) is -1.27. The summed E-state index contributed by atoms with van der Waals surface area (Å²) >= 11 is 0. The molecule has 0 radical (unpaired) electrons. The van der Waals surface area contributed by atoms with Crippen LogP contribution >= 0.6 is 0 Å². The number of nitrogens with two attached hydrogens (primary N) is 4. The number of fused-ring (bicyclic) bond motifs is 1. The fraction of sp³-hybridized carbons (Fsp3) is 0.537. The Balaban J connectivity index is 1.32. The molecule has 0 bridgehead atoms. The zero-order valence-electron chi connectivity index (χ0n) is 46.4. The molecule has 7 amide bonds. The molecule has 0 unspecified atom stereocenters. The van der Waals surface area contributed by atoms with Gasteiger partial charge in [0.15, 0.2) is 5.96 Å². The second-order valence-corrected chi connectivity index (χ2v) is 20.6. The van der Waals surface area contributed by atoms with Crippen LogP contribution in [0.5, 0.6) is 5.75 Å². The fourth-order valence-electron chi connectivity index (χ4n) is 9.14. The minimum absolute atomic E-state index is 0.0156. The lowest BCUT2D eigenvalue weighted by molar-refractivity contribution is -0.137. The van der Waals surface area contributed by atoms with Crippen LogP contribution in [0.25, 0.3) is 10.9 Å². The van der Waals surface area contributed by atoms with Crippen molar-refractivity contribution < 1.29 is 38.7 Å². The van der Waals surface area contributed by atoms with E-state index in [4.69, 9.17) is 22.9 Å². The number of nitrogens with one attached hydrogen (secondary N) is 7. The number of aromatic nitrogens is 4. The van der Waals surface area contributed by atoms with Crippen molar-refractivity contribution in [2.24, 2.45) is 39.8 Å². The Hall–Kier alpha value is -8.13. The van der Waals surface area contributed by atoms with Gasteiger partial charge in [0, 0.05) is 70.7 Å². The molecule has 3 heterocycles. The van der Waals surface area contributed by atoms with E-state index >= 15 is 0 Å². The number of imidazole rings is 1. The number of likely N-dealkylation sites (N-methyl/N-ethyl adjacent to an activating group) is 1. The van der Waals surface area contributed by atoms with Crippen LogP contribution in [0.15, 0.2) is 71.0 Å². The smallest absolute Gasteiger partial charge is 0.261 e. The molecular formula is C54H81N17O9. The number of aromatic amines is 1. The van der Waals surface area contributed by atoms with Crippen molar-refractivity contribution in [3.63, 3.8) is 0 Å². The topological polar surface area (TPSA) is 398 Å². The van der Waals surface area contributed by atoms with Crippen molar-refractivity contribution >= 4 is 63.9 Å². The number of aliphatic imine (C=N–C) groups is 1. The quantitative estimate of drug-likeness (QED) is 0.0165. The van der Waals surface area contributed by atoms with Crippen LogP contribution in [0.2, 0.25) is 0 Å². The van der Waals surface area contributed by atoms with E-state index in [1.54, 1.807) is 29.2 Å². The lowest BCUT2D eigenvalue weighted by atomic mass is 9.98. The summed E-state index contributed by atoms with van der Waals surface area (Å²) in [5.41, 5.74) is 24.1. The highest BCUT2D eigenvalue weighted by molar-refractivity contribution is 5.96. The monoisotopic (exact) mass is 1110 g/mol. The maximum atomic E-state index is 14.4. The molecule has 4 aromatic rings. The lowest BCUT2D eigenvalue weighted by Gasteiger charge is -2.38. The third-order valence-electron chi connectivity index (χ3n) is 14.0. The van der Waals surface area contributed by atoms with Gasteiger partial charge in [0.1, 0.15) is 48.3 Å². The zero-order valence-corrected chi connectivity index (χ0v) is 46.4. The Morgan fingerprint density at radius 2 is 1.40 bits per heavy atom. The Morgan fingerprint density at radius 1 is 0.762 bits per heavy atom. The van der Waals surface area contributed by atoms with E-state index in [0.29, 0.717) is 87.4 Å². The van der Waals surface area contributed by atoms with Crippen molar-refractivity contribution in [1.29, 1.82) is 0 Å². The molecule has 26 heteroatoms. The van der Waals surface area contributed by atoms with Gasteiger partial charge in [0.25, 0.3) is 5.56 Å². The molecule has 26 nitrogen and oxygen atoms in total. The number of phenolic OH excluding ortho intramolecular Hbond substituents is 1. The molecule has 1 fully saturated rings. The van der Waals surface area contributed by atoms with Crippen molar-refractivity contribution in [2.75, 3.05) is 51.2 Å². The number of carbonyl (C=O) groups is 7. The number of rotatable bonds is 30. The number of H-pyrrole nitrogens is 1. The molecule has 0 aliphatic carbocycles. The van der Waals surface area contributed by atoms with Crippen molar-refractivity contribution in [1.82, 2.24) is 56.3 Å². The largest absolute Gasteiger partial charge is 0.508 e. The van der Waals surface area contributed by atoms with Gasteiger partial charge in [0.05, 0.1) is 23.3 Å². The molecule has 2 aromatic carbocycles. The van der Waals surface area contributed by atoms with Crippen LogP contribution in [0.1, 0.15) is 84.0 Å². The number of benzene rings is 2. The Bertz CT molecular complexity index is 2800. The average molecular weight is 1110 g/mol. The zero-order chi connectivity index (χ0) is 58.5. The number of unbranched alkanes of at least 4 members (excludes halogenated alkanes) is 1. The molecule has 7 atom stereocenters. The minimum Gasteiger partial charge on any atom is -0.508 e. The van der Waals surface area contributed by atoms with Gasteiger partial charge < -0.3 is 74.7 Å². The first-order chi connectivity index (χ1) is 38.2. The van der Waals surface area contributed by atoms with E-state index in [1.807, 2.05) is 38.7 Å². The first kappa shape index (κ1) is 62.7. The van der Waals surface area contributed by atoms with Gasteiger partial charge in [0.2, 0.25) is 41.4 Å². The second kappa shape index (κ2) is 30.9. The molecular weight excluding hydrogens is 1030 g/mol. The molecule has 80 heavy (non-hydrogen) atoms. The number of hydrogen-bond acceptors (Lipinski definition) is 15. The molecule has 2 aromatic heterocycles. The van der Waals surface area contributed by atoms with Gasteiger partial charge in [-0.05, 0) is 92.8 Å². The first-order valence-corrected chi connectivity index (χ1v) is 27.2. The van der Waals surface area contributed by atoms with Gasteiger partial charge in [-0.15, -0.1) is 0 Å². The number of nitrogens with zero attached hydrogens (tertiary/aromatic N) is 6. The summed E-state index contributed by atoms with van der Waals surface area (Å²) in [7, 11) is 1.45. The van der Waals surface area contributed by atoms with Crippen LogP contribution in [0.4, 0.5) is 5.69 Å². The van der Waals surface area contributed by atoms with E-state index in [0.717, 1.165) is 4.57 Å². The highest BCUT2D eigenvalue weighted by Gasteiger charge is 2.34. The third kappa shape index (κ3) is 18.8. The van der Waals surface area contributed by atoms with E-state index in [-0.39, 0.29) is 73.0 Å². The second-order valence-electron chi connectivity index (χ2n) is 20.6. The summed E-state index contributed by atoms with van der Waals surface area (Å²) in [6, 6.07) is 4.82. The Morgan fingerprint density at radius 3 is 2.01 bits per heavy atom. The lowest BCUT2D eigenvalue weighted by Crippen LogP contribution is -2.59. The highest BCUT2D eigenvalue weighted by Crippen LogP contribution is 2.22. The number of carbonyl (C=O) groups excluding carboxylic acids is 7. The normalized spacial score (nSPS) is 15.1. The molecule has 0 spiro atoms. The van der Waals surface area contributed by atoms with Crippen LogP contribution in [-0.2, 0) is 52.9 Å². The predicted molar refractivity (Wildman–Crippen MR) is 302 cm³/mol. The summed E-state index contributed by atoms with van der Waals surface area (Å²) in [6.07, 6.45) is 6.94. The molecule has 1 aliphatic heterocycles. The van der Waals surface area contributed by atoms with Gasteiger partial charge in [-0.25, -0.2) is 9.97 Å². The van der Waals surface area contributed by atoms with Crippen molar-refractivity contribution in [3.05, 3.63) is 82.9 Å². The maximum Gasteiger partial charge on any atom is 0.261 e. The van der Waals surface area contributed by atoms with Gasteiger partial charge in [-0.1, -0.05) is 46.2 Å². The summed E-state index contributed by atoms with van der Waals surface area (Å²) in [5.74, 6) is -3.96. The number of piperazine rings is 1. The van der Waals surface area contributed by atoms with E-state index < -0.39 is 77.9 Å². The molecule has 436 valence electrons. The summed E-state index contributed by atoms with van der Waals surface area (Å²) in [6.45, 7) is 9.18. The maximum absolute atomic E-state index is 14.4. The third-order valence-corrected chi connectivity index (χ3v) is 14.0. The Kier molecular flexibility index (Phi) is 24.2. The molecule has 0 saturated carbocycles. The summed E-state index contributed by atoms with van der Waals surface area (Å²) in [5, 5.41) is 26.6. The molecule has 1 aliphatic rings. The fourth-order valence-corrected chi connectivity index (χ4v) is 9.14. The van der Waals surface area contributed by atoms with E-state index in [1.165, 1.54) is 37.9 Å². The van der Waals surface area contributed by atoms with Crippen LogP contribution in [0.3, 0.4) is 0 Å². The summed E-state index contributed by atoms with van der Waals surface area (Å²) < 4.78 is 1.11. The SMILES string of the molecule is CC[C@H](C)[C@H](N)C(=O)N[C@@H](CCCCN)C(=O)N1CCN(c2ccc3ncn(CC(=O)N[C@H](CCCN=C(N)N)C(=O)N[C@@H](Cc4ncc[nH]4)C(=O)N[C@@H](Cc4ccc(O)cc4)C(=O)N[C@@H](CC(C)C)C(=O)NC)c(=O)c3c2)CC1. The number of guanidine groups is 1. The average Bonchev–Trinajstić information content (AvgIpc) is 3.98. The van der Waals surface area contributed by atoms with Gasteiger partial charge in [-0.3, -0.25) is 47.9 Å². The van der Waals surface area contributed by atoms with E-state index in [9.17, 15) is 43.5 Å². The first-order valence-electron chi connectivity index (χ1n) is 27.2. The van der Waals surface area contributed by atoms with Crippen molar-refractivity contribution in [3.8, 4) is 5.75 Å². The molecule has 16 N–H and O–H groups in total. The van der Waals surface area contributed by atoms with Crippen LogP contribution in [-0.4, -0.2) is 159 Å². The summed E-state index contributed by atoms with van der Waals surface area (Å²) in [4.78, 5) is 130. The number of hydrogen-bond donors (Lipinski definition) is 12. The number of amides is 7. The number of aromatic hydroxyl groups is 1. The number of phenols is 1. The minimum atomic E-state index is -1.38. The van der Waals surface area contributed by atoms with Gasteiger partial charge in [-0.2, -0.15) is 0 Å².